The van der Waals surface area contributed by atoms with Gasteiger partial charge in [-0.15, -0.1) is 0 Å². The van der Waals surface area contributed by atoms with E-state index in [1.165, 1.54) is 0 Å². The first-order valence-electron chi connectivity index (χ1n) is 11.6. The van der Waals surface area contributed by atoms with Gasteiger partial charge in [-0.25, -0.2) is 0 Å². The van der Waals surface area contributed by atoms with Crippen LogP contribution in [0.25, 0.3) is 0 Å². The normalized spacial score (nSPS) is 36.7. The molecule has 2 saturated heterocycles. The SMILES string of the molecule is OC[C@H]1O[C@H](c2cccc(C#Cc3cccc([C@H]4O[C@H](CO)[C@@H](O)[C@H](O)[C@@H]4O)c3)c2)[C@@H](O)[C@@H](O)[C@@H]1O. The van der Waals surface area contributed by atoms with Gasteiger partial charge in [-0.1, -0.05) is 36.1 Å². The van der Waals surface area contributed by atoms with Gasteiger partial charge in [0.15, 0.2) is 0 Å². The lowest BCUT2D eigenvalue weighted by molar-refractivity contribution is -0.231. The first-order valence-corrected chi connectivity index (χ1v) is 11.6. The molecule has 0 aromatic heterocycles. The lowest BCUT2D eigenvalue weighted by Gasteiger charge is -2.40. The molecule has 10 nitrogen and oxygen atoms in total. The number of ether oxygens (including phenoxy) is 2. The topological polar surface area (TPSA) is 180 Å². The zero-order chi connectivity index (χ0) is 26.0. The zero-order valence-electron chi connectivity index (χ0n) is 19.2. The summed E-state index contributed by atoms with van der Waals surface area (Å²) in [7, 11) is 0. The summed E-state index contributed by atoms with van der Waals surface area (Å²) in [5.41, 5.74) is 2.16. The van der Waals surface area contributed by atoms with Crippen LogP contribution in [-0.4, -0.2) is 103 Å². The van der Waals surface area contributed by atoms with Crippen LogP contribution in [0.15, 0.2) is 48.5 Å². The Hall–Kier alpha value is -2.40. The fourth-order valence-corrected chi connectivity index (χ4v) is 4.49. The first-order chi connectivity index (χ1) is 17.2. The van der Waals surface area contributed by atoms with Crippen molar-refractivity contribution in [3.63, 3.8) is 0 Å². The highest BCUT2D eigenvalue weighted by Gasteiger charge is 2.45. The quantitative estimate of drug-likeness (QED) is 0.220. The summed E-state index contributed by atoms with van der Waals surface area (Å²) in [6, 6.07) is 13.6. The fraction of sp³-hybridized carbons (Fsp3) is 0.462. The van der Waals surface area contributed by atoms with Gasteiger partial charge in [-0.3, -0.25) is 0 Å². The van der Waals surface area contributed by atoms with E-state index >= 15 is 0 Å². The molecule has 0 unspecified atom stereocenters. The Kier molecular flexibility index (Phi) is 8.39. The van der Waals surface area contributed by atoms with Gasteiger partial charge in [0.05, 0.1) is 13.2 Å². The minimum Gasteiger partial charge on any atom is -0.394 e. The van der Waals surface area contributed by atoms with Crippen LogP contribution in [0.3, 0.4) is 0 Å². The highest BCUT2D eigenvalue weighted by Crippen LogP contribution is 2.34. The molecule has 2 aromatic carbocycles. The lowest BCUT2D eigenvalue weighted by Crippen LogP contribution is -2.55. The summed E-state index contributed by atoms with van der Waals surface area (Å²) in [6.07, 6.45) is -12.7. The Bertz CT molecular complexity index is 1010. The molecule has 4 rings (SSSR count). The van der Waals surface area contributed by atoms with Crippen molar-refractivity contribution in [3.05, 3.63) is 70.8 Å². The molecular weight excluding hydrogens is 472 g/mol. The molecule has 0 aliphatic carbocycles. The van der Waals surface area contributed by atoms with Crippen LogP contribution in [0.4, 0.5) is 0 Å². The van der Waals surface area contributed by atoms with Crippen molar-refractivity contribution in [3.8, 4) is 11.8 Å². The van der Waals surface area contributed by atoms with E-state index in [-0.39, 0.29) is 0 Å². The Morgan fingerprint density at radius 3 is 1.31 bits per heavy atom. The Labute approximate surface area is 207 Å². The van der Waals surface area contributed by atoms with Gasteiger partial charge in [-0.05, 0) is 35.4 Å². The fourth-order valence-electron chi connectivity index (χ4n) is 4.49. The molecule has 10 atom stereocenters. The number of hydrogen-bond acceptors (Lipinski definition) is 10. The van der Waals surface area contributed by atoms with E-state index in [4.69, 9.17) is 9.47 Å². The van der Waals surface area contributed by atoms with Gasteiger partial charge in [-0.2, -0.15) is 0 Å². The Morgan fingerprint density at radius 2 is 0.944 bits per heavy atom. The van der Waals surface area contributed by atoms with E-state index in [0.29, 0.717) is 22.3 Å². The summed E-state index contributed by atoms with van der Waals surface area (Å²) in [5.74, 6) is 5.99. The third-order valence-corrected chi connectivity index (χ3v) is 6.57. The second kappa shape index (κ2) is 11.3. The van der Waals surface area contributed by atoms with Crippen LogP contribution in [0.2, 0.25) is 0 Å². The second-order valence-electron chi connectivity index (χ2n) is 9.00. The van der Waals surface area contributed by atoms with Crippen molar-refractivity contribution in [1.82, 2.24) is 0 Å². The van der Waals surface area contributed by atoms with Crippen LogP contribution >= 0.6 is 0 Å². The molecule has 0 saturated carbocycles. The number of rotatable bonds is 4. The number of hydrogen-bond donors (Lipinski definition) is 8. The summed E-state index contributed by atoms with van der Waals surface area (Å²) in [4.78, 5) is 0. The standard InChI is InChI=1S/C26H30O10/c27-11-17-19(29)21(31)23(33)25(35-17)15-5-1-3-13(9-15)7-8-14-4-2-6-16(10-14)26-24(34)22(32)20(30)18(12-28)36-26/h1-6,9-10,17-34H,11-12H2/t17-,18-,19-,20-,21+,22+,23+,24+,25-,26-/m1/s1. The van der Waals surface area contributed by atoms with Crippen molar-refractivity contribution in [2.24, 2.45) is 0 Å². The van der Waals surface area contributed by atoms with Crippen LogP contribution in [0.5, 0.6) is 0 Å². The van der Waals surface area contributed by atoms with Crippen molar-refractivity contribution in [1.29, 1.82) is 0 Å². The van der Waals surface area contributed by atoms with Crippen LogP contribution in [0, 0.1) is 11.8 Å². The maximum atomic E-state index is 10.4. The van der Waals surface area contributed by atoms with Crippen molar-refractivity contribution in [2.75, 3.05) is 13.2 Å². The summed E-state index contributed by atoms with van der Waals surface area (Å²) < 4.78 is 11.2. The summed E-state index contributed by atoms with van der Waals surface area (Å²) in [6.45, 7) is -1.04. The van der Waals surface area contributed by atoms with E-state index in [1.807, 2.05) is 0 Å². The van der Waals surface area contributed by atoms with E-state index in [0.717, 1.165) is 0 Å². The zero-order valence-corrected chi connectivity index (χ0v) is 19.2. The highest BCUT2D eigenvalue weighted by molar-refractivity contribution is 5.46. The molecule has 2 fully saturated rings. The monoisotopic (exact) mass is 502 g/mol. The Balaban J connectivity index is 1.55. The van der Waals surface area contributed by atoms with Gasteiger partial charge in [0.1, 0.15) is 61.0 Å². The van der Waals surface area contributed by atoms with Crippen molar-refractivity contribution < 1.29 is 50.3 Å². The van der Waals surface area contributed by atoms with Crippen LogP contribution < -0.4 is 0 Å². The number of aliphatic hydroxyl groups is 8. The maximum absolute atomic E-state index is 10.4. The molecule has 0 amide bonds. The Morgan fingerprint density at radius 1 is 0.556 bits per heavy atom. The number of aliphatic hydroxyl groups excluding tert-OH is 8. The van der Waals surface area contributed by atoms with Crippen molar-refractivity contribution in [2.45, 2.75) is 61.0 Å². The van der Waals surface area contributed by atoms with E-state index in [1.54, 1.807) is 48.5 Å². The third kappa shape index (κ3) is 5.32. The molecule has 0 bridgehead atoms. The minimum atomic E-state index is -1.49. The molecule has 2 aromatic rings. The summed E-state index contributed by atoms with van der Waals surface area (Å²) >= 11 is 0. The molecular formula is C26H30O10. The lowest BCUT2D eigenvalue weighted by atomic mass is 9.90. The molecule has 0 radical (unpaired) electrons. The van der Waals surface area contributed by atoms with E-state index in [2.05, 4.69) is 11.8 Å². The largest absolute Gasteiger partial charge is 0.394 e. The molecule has 194 valence electrons. The van der Waals surface area contributed by atoms with Crippen LogP contribution in [0.1, 0.15) is 34.5 Å². The highest BCUT2D eigenvalue weighted by atomic mass is 16.6. The smallest absolute Gasteiger partial charge is 0.113 e. The molecule has 36 heavy (non-hydrogen) atoms. The van der Waals surface area contributed by atoms with Crippen molar-refractivity contribution >= 4 is 0 Å². The minimum absolute atomic E-state index is 0.508. The molecule has 10 heteroatoms. The average molecular weight is 503 g/mol. The molecule has 2 aliphatic rings. The maximum Gasteiger partial charge on any atom is 0.113 e. The molecule has 0 spiro atoms. The number of benzene rings is 2. The molecule has 2 aliphatic heterocycles. The van der Waals surface area contributed by atoms with Gasteiger partial charge < -0.3 is 50.3 Å². The van der Waals surface area contributed by atoms with E-state index < -0.39 is 74.3 Å². The molecule has 8 N–H and O–H groups in total. The average Bonchev–Trinajstić information content (AvgIpc) is 2.90. The van der Waals surface area contributed by atoms with Crippen LogP contribution in [-0.2, 0) is 9.47 Å². The summed E-state index contributed by atoms with van der Waals surface area (Å²) in [5, 5.41) is 79.8. The van der Waals surface area contributed by atoms with Gasteiger partial charge >= 0.3 is 0 Å². The predicted molar refractivity (Wildman–Crippen MR) is 124 cm³/mol. The van der Waals surface area contributed by atoms with E-state index in [9.17, 15) is 40.9 Å². The first kappa shape index (κ1) is 26.7. The molecule has 2 heterocycles. The van der Waals surface area contributed by atoms with Gasteiger partial charge in [0, 0.05) is 11.1 Å². The van der Waals surface area contributed by atoms with Gasteiger partial charge in [0.2, 0.25) is 0 Å². The predicted octanol–water partition coefficient (Wildman–Crippen LogP) is -1.88. The second-order valence-corrected chi connectivity index (χ2v) is 9.00. The third-order valence-electron chi connectivity index (χ3n) is 6.57. The van der Waals surface area contributed by atoms with Gasteiger partial charge in [0.25, 0.3) is 0 Å².